The fourth-order valence-electron chi connectivity index (χ4n) is 4.20. The molecule has 0 amide bonds. The van der Waals surface area contributed by atoms with Gasteiger partial charge in [-0.2, -0.15) is 0 Å². The quantitative estimate of drug-likeness (QED) is 0.860. The van der Waals surface area contributed by atoms with Gasteiger partial charge < -0.3 is 9.47 Å². The van der Waals surface area contributed by atoms with Gasteiger partial charge in [0, 0.05) is 49.8 Å². The summed E-state index contributed by atoms with van der Waals surface area (Å²) in [6.45, 7) is 6.19. The molecule has 3 heterocycles. The van der Waals surface area contributed by atoms with Crippen molar-refractivity contribution in [1.29, 1.82) is 0 Å². The molecule has 120 valence electrons. The van der Waals surface area contributed by atoms with Gasteiger partial charge in [0.25, 0.3) is 0 Å². The van der Waals surface area contributed by atoms with Crippen molar-refractivity contribution in [3.8, 4) is 0 Å². The Bertz CT molecular complexity index is 528. The fourth-order valence-corrected chi connectivity index (χ4v) is 4.20. The minimum absolute atomic E-state index is 0.266. The van der Waals surface area contributed by atoms with E-state index in [-0.39, 0.29) is 6.10 Å². The first-order chi connectivity index (χ1) is 10.8. The Morgan fingerprint density at radius 1 is 1.23 bits per heavy atom. The second-order valence-electron chi connectivity index (χ2n) is 6.94. The van der Waals surface area contributed by atoms with Crippen LogP contribution in [0.4, 0.5) is 0 Å². The van der Waals surface area contributed by atoms with Crippen molar-refractivity contribution in [3.05, 3.63) is 29.1 Å². The molecule has 0 radical (unpaired) electrons. The molecule has 0 saturated carbocycles. The van der Waals surface area contributed by atoms with E-state index in [1.807, 2.05) is 6.20 Å². The van der Waals surface area contributed by atoms with E-state index in [2.05, 4.69) is 22.9 Å². The van der Waals surface area contributed by atoms with Crippen molar-refractivity contribution in [2.45, 2.75) is 57.3 Å². The van der Waals surface area contributed by atoms with Crippen molar-refractivity contribution in [2.75, 3.05) is 26.3 Å². The maximum absolute atomic E-state index is 6.45. The summed E-state index contributed by atoms with van der Waals surface area (Å²) in [6, 6.07) is 2.93. The van der Waals surface area contributed by atoms with Crippen molar-refractivity contribution < 1.29 is 9.47 Å². The molecule has 0 aromatic carbocycles. The molecule has 2 saturated heterocycles. The van der Waals surface area contributed by atoms with Crippen LogP contribution in [0.1, 0.15) is 48.6 Å². The van der Waals surface area contributed by atoms with E-state index >= 15 is 0 Å². The van der Waals surface area contributed by atoms with Crippen molar-refractivity contribution in [1.82, 2.24) is 9.88 Å². The molecule has 1 aromatic heterocycles. The first-order valence-corrected chi connectivity index (χ1v) is 8.72. The van der Waals surface area contributed by atoms with Crippen LogP contribution in [-0.2, 0) is 15.9 Å². The van der Waals surface area contributed by atoms with Gasteiger partial charge in [0.2, 0.25) is 0 Å². The maximum Gasteiger partial charge on any atom is 0.0850 e. The summed E-state index contributed by atoms with van der Waals surface area (Å²) in [7, 11) is 0. The maximum atomic E-state index is 6.45. The van der Waals surface area contributed by atoms with Gasteiger partial charge in [0.05, 0.1) is 12.2 Å². The average molecular weight is 302 g/mol. The topological polar surface area (TPSA) is 34.6 Å². The molecular weight excluding hydrogens is 276 g/mol. The molecule has 1 aliphatic carbocycles. The molecule has 4 heteroatoms. The zero-order valence-electron chi connectivity index (χ0n) is 13.5. The zero-order valence-corrected chi connectivity index (χ0v) is 13.5. The number of aryl methyl sites for hydroxylation is 2. The first kappa shape index (κ1) is 14.6. The fraction of sp³-hybridized carbons (Fsp3) is 0.722. The monoisotopic (exact) mass is 302 g/mol. The molecule has 4 nitrogen and oxygen atoms in total. The third-order valence-corrected chi connectivity index (χ3v) is 5.42. The molecule has 0 bridgehead atoms. The molecular formula is C18H26N2O2. The normalized spacial score (nSPS) is 29.9. The predicted octanol–water partition coefficient (Wildman–Crippen LogP) is 2.65. The van der Waals surface area contributed by atoms with Crippen molar-refractivity contribution >= 4 is 0 Å². The lowest BCUT2D eigenvalue weighted by atomic mass is 10.1. The highest BCUT2D eigenvalue weighted by Gasteiger charge is 2.33. The Morgan fingerprint density at radius 2 is 2.09 bits per heavy atom. The number of ether oxygens (including phenoxy) is 2. The first-order valence-electron chi connectivity index (χ1n) is 8.72. The van der Waals surface area contributed by atoms with E-state index in [1.165, 1.54) is 36.9 Å². The van der Waals surface area contributed by atoms with Crippen LogP contribution < -0.4 is 0 Å². The second-order valence-corrected chi connectivity index (χ2v) is 6.94. The average Bonchev–Trinajstić information content (AvgIpc) is 3.16. The van der Waals surface area contributed by atoms with Crippen molar-refractivity contribution in [3.63, 3.8) is 0 Å². The van der Waals surface area contributed by atoms with Crippen LogP contribution in [0, 0.1) is 6.92 Å². The molecule has 2 atom stereocenters. The van der Waals surface area contributed by atoms with Crippen LogP contribution in [0.2, 0.25) is 0 Å². The third kappa shape index (κ3) is 2.92. The molecule has 3 aliphatic rings. The van der Waals surface area contributed by atoms with E-state index in [0.717, 1.165) is 38.3 Å². The number of hydrogen-bond acceptors (Lipinski definition) is 4. The number of aromatic nitrogens is 1. The summed E-state index contributed by atoms with van der Waals surface area (Å²) in [5.41, 5.74) is 3.89. The van der Waals surface area contributed by atoms with Crippen LogP contribution in [0.3, 0.4) is 0 Å². The summed E-state index contributed by atoms with van der Waals surface area (Å²) >= 11 is 0. The lowest BCUT2D eigenvalue weighted by Crippen LogP contribution is -2.38. The van der Waals surface area contributed by atoms with Gasteiger partial charge in [0.1, 0.15) is 0 Å². The lowest BCUT2D eigenvalue weighted by Gasteiger charge is -2.31. The van der Waals surface area contributed by atoms with E-state index in [4.69, 9.17) is 9.47 Å². The number of pyridine rings is 1. The Morgan fingerprint density at radius 3 is 2.95 bits per heavy atom. The zero-order chi connectivity index (χ0) is 14.9. The minimum Gasteiger partial charge on any atom is -0.381 e. The molecule has 0 spiro atoms. The highest BCUT2D eigenvalue weighted by Crippen LogP contribution is 2.36. The SMILES string of the molecule is Cc1cc2c(cn1)C(O[C@@H]1CCN(C3CCOCC3)C1)CC2. The Hall–Kier alpha value is -0.970. The van der Waals surface area contributed by atoms with Crippen LogP contribution in [0.15, 0.2) is 12.3 Å². The predicted molar refractivity (Wildman–Crippen MR) is 84.9 cm³/mol. The number of fused-ring (bicyclic) bond motifs is 1. The Balaban J connectivity index is 1.35. The largest absolute Gasteiger partial charge is 0.381 e. The Labute approximate surface area is 132 Å². The highest BCUT2D eigenvalue weighted by atomic mass is 16.5. The van der Waals surface area contributed by atoms with Gasteiger partial charge in [-0.1, -0.05) is 0 Å². The van der Waals surface area contributed by atoms with Crippen LogP contribution >= 0.6 is 0 Å². The van der Waals surface area contributed by atoms with Gasteiger partial charge in [-0.25, -0.2) is 0 Å². The van der Waals surface area contributed by atoms with Gasteiger partial charge in [-0.3, -0.25) is 9.88 Å². The smallest absolute Gasteiger partial charge is 0.0850 e. The number of nitrogens with zero attached hydrogens (tertiary/aromatic N) is 2. The van der Waals surface area contributed by atoms with Crippen LogP contribution in [0.5, 0.6) is 0 Å². The molecule has 4 rings (SSSR count). The Kier molecular flexibility index (Phi) is 4.16. The molecule has 1 unspecified atom stereocenters. The molecule has 1 aromatic rings. The van der Waals surface area contributed by atoms with Crippen LogP contribution in [0.25, 0.3) is 0 Å². The summed E-state index contributed by atoms with van der Waals surface area (Å²) in [6.07, 6.45) is 8.48. The molecule has 2 fully saturated rings. The van der Waals surface area contributed by atoms with Gasteiger partial charge in [-0.15, -0.1) is 0 Å². The van der Waals surface area contributed by atoms with E-state index in [1.54, 1.807) is 0 Å². The second kappa shape index (κ2) is 6.26. The highest BCUT2D eigenvalue weighted by molar-refractivity contribution is 5.32. The summed E-state index contributed by atoms with van der Waals surface area (Å²) in [5, 5.41) is 0. The molecule has 22 heavy (non-hydrogen) atoms. The van der Waals surface area contributed by atoms with Crippen molar-refractivity contribution in [2.24, 2.45) is 0 Å². The minimum atomic E-state index is 0.266. The van der Waals surface area contributed by atoms with E-state index in [9.17, 15) is 0 Å². The third-order valence-electron chi connectivity index (χ3n) is 5.42. The number of rotatable bonds is 3. The van der Waals surface area contributed by atoms with Gasteiger partial charge in [0.15, 0.2) is 0 Å². The number of hydrogen-bond donors (Lipinski definition) is 0. The van der Waals surface area contributed by atoms with Gasteiger partial charge >= 0.3 is 0 Å². The summed E-state index contributed by atoms with van der Waals surface area (Å²) in [5.74, 6) is 0. The molecule has 2 aliphatic heterocycles. The van der Waals surface area contributed by atoms with Gasteiger partial charge in [-0.05, 0) is 50.7 Å². The number of likely N-dealkylation sites (tertiary alicyclic amines) is 1. The standard InChI is InChI=1S/C18H26N2O2/c1-13-10-14-2-3-18(17(14)11-19-13)22-16-4-7-20(12-16)15-5-8-21-9-6-15/h10-11,15-16,18H,2-9,12H2,1H3/t16-,18?/m1/s1. The van der Waals surface area contributed by atoms with E-state index < -0.39 is 0 Å². The molecule has 0 N–H and O–H groups in total. The summed E-state index contributed by atoms with van der Waals surface area (Å²) < 4.78 is 11.9. The lowest BCUT2D eigenvalue weighted by molar-refractivity contribution is -0.0144. The summed E-state index contributed by atoms with van der Waals surface area (Å²) in [4.78, 5) is 7.08. The van der Waals surface area contributed by atoms with Crippen LogP contribution in [-0.4, -0.2) is 48.3 Å². The van der Waals surface area contributed by atoms with E-state index in [0.29, 0.717) is 12.1 Å².